The largest absolute Gasteiger partial charge is 0.397 e. The first-order valence-electron chi connectivity index (χ1n) is 11.6. The number of piperidine rings is 1. The van der Waals surface area contributed by atoms with E-state index in [1.165, 1.54) is 0 Å². The lowest BCUT2D eigenvalue weighted by atomic mass is 10.0. The number of nitrogens with zero attached hydrogens (tertiary/aromatic N) is 1. The summed E-state index contributed by atoms with van der Waals surface area (Å²) < 4.78 is 0. The van der Waals surface area contributed by atoms with Crippen LogP contribution in [-0.4, -0.2) is 47.0 Å². The fraction of sp³-hybridized carbons (Fsp3) is 0.320. The van der Waals surface area contributed by atoms with Crippen molar-refractivity contribution in [2.45, 2.75) is 44.6 Å². The highest BCUT2D eigenvalue weighted by Gasteiger charge is 2.45. The van der Waals surface area contributed by atoms with E-state index in [9.17, 15) is 24.0 Å². The van der Waals surface area contributed by atoms with Crippen LogP contribution in [0.2, 0.25) is 0 Å². The maximum atomic E-state index is 13.1. The summed E-state index contributed by atoms with van der Waals surface area (Å²) in [6, 6.07) is 11.1. The smallest absolute Gasteiger partial charge is 0.264 e. The minimum Gasteiger partial charge on any atom is -0.397 e. The summed E-state index contributed by atoms with van der Waals surface area (Å²) in [6.07, 6.45) is 2.78. The molecule has 2 heterocycles. The van der Waals surface area contributed by atoms with Crippen molar-refractivity contribution < 1.29 is 24.0 Å². The standard InChI is InChI=1S/C25H27N5O5/c26-16-8-3-4-9-17(16)28-20(31)11-2-1-5-14-27-18-10-6-7-15-22(18)25(35)30(24(15)34)19-12-13-21(32)29-23(19)33/h3-4,6-10,19,27H,1-2,5,11-14,26H2,(H,28,31)(H,29,32,33). The molecule has 0 saturated carbocycles. The highest BCUT2D eigenvalue weighted by atomic mass is 16.2. The molecule has 1 unspecified atom stereocenters. The molecule has 1 saturated heterocycles. The molecule has 1 atom stereocenters. The summed E-state index contributed by atoms with van der Waals surface area (Å²) in [4.78, 5) is 62.7. The van der Waals surface area contributed by atoms with Crippen molar-refractivity contribution in [3.63, 3.8) is 0 Å². The number of hydrogen-bond donors (Lipinski definition) is 4. The van der Waals surface area contributed by atoms with Crippen molar-refractivity contribution in [1.29, 1.82) is 0 Å². The second-order valence-corrected chi connectivity index (χ2v) is 8.55. The Labute approximate surface area is 202 Å². The Bertz CT molecular complexity index is 1190. The van der Waals surface area contributed by atoms with Gasteiger partial charge in [-0.3, -0.25) is 34.2 Å². The van der Waals surface area contributed by atoms with Gasteiger partial charge in [0.05, 0.1) is 22.5 Å². The van der Waals surface area contributed by atoms with Gasteiger partial charge in [0.25, 0.3) is 11.8 Å². The van der Waals surface area contributed by atoms with Gasteiger partial charge in [0.15, 0.2) is 0 Å². The first-order valence-corrected chi connectivity index (χ1v) is 11.6. The van der Waals surface area contributed by atoms with Gasteiger partial charge in [-0.15, -0.1) is 0 Å². The first kappa shape index (κ1) is 23.9. The average molecular weight is 478 g/mol. The van der Waals surface area contributed by atoms with E-state index in [2.05, 4.69) is 16.0 Å². The molecule has 0 radical (unpaired) electrons. The third-order valence-electron chi connectivity index (χ3n) is 6.10. The van der Waals surface area contributed by atoms with E-state index >= 15 is 0 Å². The number of amides is 5. The number of benzene rings is 2. The van der Waals surface area contributed by atoms with E-state index in [4.69, 9.17) is 5.73 Å². The number of anilines is 3. The zero-order chi connectivity index (χ0) is 24.9. The topological polar surface area (TPSA) is 151 Å². The molecule has 5 amide bonds. The summed E-state index contributed by atoms with van der Waals surface area (Å²) in [5, 5.41) is 8.19. The van der Waals surface area contributed by atoms with Gasteiger partial charge in [-0.1, -0.05) is 24.6 Å². The quantitative estimate of drug-likeness (QED) is 0.246. The molecule has 5 N–H and O–H groups in total. The van der Waals surface area contributed by atoms with E-state index in [1.54, 1.807) is 42.5 Å². The number of carbonyl (C=O) groups is 5. The van der Waals surface area contributed by atoms with Gasteiger partial charge in [0.2, 0.25) is 17.7 Å². The first-order chi connectivity index (χ1) is 16.9. The molecule has 10 heteroatoms. The lowest BCUT2D eigenvalue weighted by Gasteiger charge is -2.27. The van der Waals surface area contributed by atoms with Crippen molar-refractivity contribution in [1.82, 2.24) is 10.2 Å². The monoisotopic (exact) mass is 477 g/mol. The molecule has 0 aliphatic carbocycles. The Morgan fingerprint density at radius 1 is 0.971 bits per heavy atom. The Kier molecular flexibility index (Phi) is 7.09. The SMILES string of the molecule is Nc1ccccc1NC(=O)CCCCCNc1cccc2c1C(=O)N(C1CCC(=O)NC1=O)C2=O. The van der Waals surface area contributed by atoms with Gasteiger partial charge < -0.3 is 16.4 Å². The van der Waals surface area contributed by atoms with Crippen LogP contribution in [0.3, 0.4) is 0 Å². The fourth-order valence-corrected chi connectivity index (χ4v) is 4.30. The number of para-hydroxylation sites is 2. The summed E-state index contributed by atoms with van der Waals surface area (Å²) in [7, 11) is 0. The van der Waals surface area contributed by atoms with Gasteiger partial charge in [-0.2, -0.15) is 0 Å². The Morgan fingerprint density at radius 3 is 2.51 bits per heavy atom. The van der Waals surface area contributed by atoms with Crippen LogP contribution in [-0.2, 0) is 14.4 Å². The van der Waals surface area contributed by atoms with Crippen LogP contribution >= 0.6 is 0 Å². The highest BCUT2D eigenvalue weighted by Crippen LogP contribution is 2.32. The second-order valence-electron chi connectivity index (χ2n) is 8.55. The zero-order valence-corrected chi connectivity index (χ0v) is 19.1. The van der Waals surface area contributed by atoms with E-state index in [0.717, 1.165) is 17.7 Å². The van der Waals surface area contributed by atoms with Gasteiger partial charge in [0.1, 0.15) is 6.04 Å². The predicted octanol–water partition coefficient (Wildman–Crippen LogP) is 2.28. The van der Waals surface area contributed by atoms with Crippen LogP contribution < -0.4 is 21.7 Å². The number of nitrogen functional groups attached to an aromatic ring is 1. The molecule has 10 nitrogen and oxygen atoms in total. The number of fused-ring (bicyclic) bond motifs is 1. The fourth-order valence-electron chi connectivity index (χ4n) is 4.30. The molecule has 0 bridgehead atoms. The Morgan fingerprint density at radius 2 is 1.74 bits per heavy atom. The van der Waals surface area contributed by atoms with Crippen LogP contribution in [0.15, 0.2) is 42.5 Å². The summed E-state index contributed by atoms with van der Waals surface area (Å²) in [5.41, 5.74) is 7.95. The number of imide groups is 2. The minimum atomic E-state index is -0.995. The van der Waals surface area contributed by atoms with Crippen molar-refractivity contribution >= 4 is 46.6 Å². The zero-order valence-electron chi connectivity index (χ0n) is 19.1. The van der Waals surface area contributed by atoms with E-state index in [1.807, 2.05) is 0 Å². The Balaban J connectivity index is 1.28. The third kappa shape index (κ3) is 5.16. The van der Waals surface area contributed by atoms with E-state index in [-0.39, 0.29) is 29.9 Å². The number of nitrogens with two attached hydrogens (primary N) is 1. The molecule has 4 rings (SSSR count). The number of unbranched alkanes of at least 4 members (excludes halogenated alkanes) is 2. The van der Waals surface area contributed by atoms with E-state index < -0.39 is 29.7 Å². The number of carbonyl (C=O) groups excluding carboxylic acids is 5. The van der Waals surface area contributed by atoms with Crippen molar-refractivity contribution in [3.8, 4) is 0 Å². The van der Waals surface area contributed by atoms with Crippen LogP contribution in [0.4, 0.5) is 17.1 Å². The number of rotatable bonds is 9. The second kappa shape index (κ2) is 10.4. The maximum absolute atomic E-state index is 13.1. The lowest BCUT2D eigenvalue weighted by molar-refractivity contribution is -0.136. The van der Waals surface area contributed by atoms with Crippen molar-refractivity contribution in [2.24, 2.45) is 0 Å². The van der Waals surface area contributed by atoms with Crippen LogP contribution in [0.1, 0.15) is 59.2 Å². The number of hydrogen-bond acceptors (Lipinski definition) is 7. The summed E-state index contributed by atoms with van der Waals surface area (Å²) in [5.74, 6) is -2.22. The van der Waals surface area contributed by atoms with Crippen molar-refractivity contribution in [2.75, 3.05) is 22.9 Å². The van der Waals surface area contributed by atoms with Gasteiger partial charge in [0, 0.05) is 25.1 Å². The number of nitrogens with one attached hydrogen (secondary N) is 3. The van der Waals surface area contributed by atoms with Crippen LogP contribution in [0, 0.1) is 0 Å². The van der Waals surface area contributed by atoms with Crippen LogP contribution in [0.25, 0.3) is 0 Å². The predicted molar refractivity (Wildman–Crippen MR) is 130 cm³/mol. The van der Waals surface area contributed by atoms with E-state index in [0.29, 0.717) is 36.4 Å². The molecule has 0 aromatic heterocycles. The molecule has 35 heavy (non-hydrogen) atoms. The molecular formula is C25H27N5O5. The molecule has 2 aromatic carbocycles. The lowest BCUT2D eigenvalue weighted by Crippen LogP contribution is -2.54. The molecule has 2 aliphatic rings. The molecule has 2 aromatic rings. The highest BCUT2D eigenvalue weighted by molar-refractivity contribution is 6.25. The Hall–Kier alpha value is -4.21. The van der Waals surface area contributed by atoms with Gasteiger partial charge in [-0.25, -0.2) is 0 Å². The summed E-state index contributed by atoms with van der Waals surface area (Å²) in [6.45, 7) is 0.545. The summed E-state index contributed by atoms with van der Waals surface area (Å²) >= 11 is 0. The maximum Gasteiger partial charge on any atom is 0.264 e. The molecule has 0 spiro atoms. The molecule has 182 valence electrons. The van der Waals surface area contributed by atoms with Crippen molar-refractivity contribution in [3.05, 3.63) is 53.6 Å². The van der Waals surface area contributed by atoms with Gasteiger partial charge >= 0.3 is 0 Å². The molecule has 1 fully saturated rings. The normalized spacial score (nSPS) is 17.3. The van der Waals surface area contributed by atoms with Crippen LogP contribution in [0.5, 0.6) is 0 Å². The van der Waals surface area contributed by atoms with Gasteiger partial charge in [-0.05, 0) is 43.5 Å². The third-order valence-corrected chi connectivity index (χ3v) is 6.10. The molecule has 2 aliphatic heterocycles. The average Bonchev–Trinajstić information content (AvgIpc) is 3.08. The minimum absolute atomic E-state index is 0.0751. The molecular weight excluding hydrogens is 450 g/mol.